The van der Waals surface area contributed by atoms with E-state index in [0.717, 1.165) is 6.92 Å². The maximum atomic E-state index is 12.9. The number of benzene rings is 2. The molecule has 2 aromatic carbocycles. The summed E-state index contributed by atoms with van der Waals surface area (Å²) in [5.74, 6) is -6.27. The van der Waals surface area contributed by atoms with Gasteiger partial charge in [0.15, 0.2) is 6.10 Å². The van der Waals surface area contributed by atoms with Crippen LogP contribution in [0.4, 0.5) is 0 Å². The maximum Gasteiger partial charge on any atom is 0.335 e. The van der Waals surface area contributed by atoms with Crippen LogP contribution >= 0.6 is 0 Å². The van der Waals surface area contributed by atoms with E-state index in [0.29, 0.717) is 0 Å². The van der Waals surface area contributed by atoms with Gasteiger partial charge in [0, 0.05) is 0 Å². The standard InChI is InChI=1S/C21H22O9/c1-11(12-6-5-9-14(10-12)28-13-7-3-2-4-8-13)20(27)30-21-17(24)15(22)16(23)18(29-21)19(25)26/h2-11,15-18,21-24H,1H3,(H,25,26)/t11?,15-,16-,17+,18-,21-/m0/s1/i2D,3D,4D,5D,6D,7D,8D,9D,10D. The predicted molar refractivity (Wildman–Crippen MR) is 102 cm³/mol. The largest absolute Gasteiger partial charge is 0.479 e. The molecule has 1 unspecified atom stereocenters. The number of esters is 1. The van der Waals surface area contributed by atoms with Crippen LogP contribution in [0, 0.1) is 0 Å². The van der Waals surface area contributed by atoms with Crippen molar-refractivity contribution in [2.24, 2.45) is 0 Å². The normalized spacial score (nSPS) is 31.3. The highest BCUT2D eigenvalue weighted by Gasteiger charge is 2.48. The topological polar surface area (TPSA) is 143 Å². The van der Waals surface area contributed by atoms with Crippen LogP contribution in [0.5, 0.6) is 11.5 Å². The van der Waals surface area contributed by atoms with Gasteiger partial charge in [0.2, 0.25) is 6.29 Å². The molecule has 1 heterocycles. The molecule has 9 nitrogen and oxygen atoms in total. The van der Waals surface area contributed by atoms with Gasteiger partial charge in [0.1, 0.15) is 29.8 Å². The number of para-hydroxylation sites is 1. The van der Waals surface area contributed by atoms with Gasteiger partial charge in [-0.2, -0.15) is 0 Å². The molecule has 0 aliphatic carbocycles. The number of carbonyl (C=O) groups excluding carboxylic acids is 1. The Labute approximate surface area is 184 Å². The Hall–Kier alpha value is -2.98. The van der Waals surface area contributed by atoms with E-state index in [1.54, 1.807) is 0 Å². The van der Waals surface area contributed by atoms with Crippen molar-refractivity contribution in [2.75, 3.05) is 0 Å². The van der Waals surface area contributed by atoms with E-state index in [1.165, 1.54) is 0 Å². The van der Waals surface area contributed by atoms with Crippen LogP contribution in [0.3, 0.4) is 0 Å². The van der Waals surface area contributed by atoms with Crippen LogP contribution < -0.4 is 4.74 Å². The molecule has 0 aromatic heterocycles. The Morgan fingerprint density at radius 1 is 1.00 bits per heavy atom. The van der Waals surface area contributed by atoms with Gasteiger partial charge in [0.25, 0.3) is 0 Å². The fourth-order valence-corrected chi connectivity index (χ4v) is 2.48. The Balaban J connectivity index is 2.01. The summed E-state index contributed by atoms with van der Waals surface area (Å²) in [6, 6.07) is -7.22. The van der Waals surface area contributed by atoms with Crippen LogP contribution in [-0.4, -0.2) is 63.1 Å². The number of aliphatic hydroxyl groups is 3. The molecule has 6 atom stereocenters. The number of ether oxygens (including phenoxy) is 3. The lowest BCUT2D eigenvalue weighted by molar-refractivity contribution is -0.286. The van der Waals surface area contributed by atoms with Crippen molar-refractivity contribution in [1.82, 2.24) is 0 Å². The van der Waals surface area contributed by atoms with Crippen LogP contribution in [0.15, 0.2) is 54.4 Å². The van der Waals surface area contributed by atoms with E-state index in [-0.39, 0.29) is 0 Å². The van der Waals surface area contributed by atoms with Crippen molar-refractivity contribution < 1.29 is 56.6 Å². The van der Waals surface area contributed by atoms with E-state index in [9.17, 15) is 24.9 Å². The van der Waals surface area contributed by atoms with Crippen molar-refractivity contribution in [2.45, 2.75) is 43.5 Å². The average Bonchev–Trinajstić information content (AvgIpc) is 2.89. The summed E-state index contributed by atoms with van der Waals surface area (Å²) < 4.78 is 87.1. The molecule has 0 bridgehead atoms. The number of hydrogen-bond donors (Lipinski definition) is 4. The number of hydrogen-bond acceptors (Lipinski definition) is 8. The first-order chi connectivity index (χ1) is 18.0. The fourth-order valence-electron chi connectivity index (χ4n) is 2.48. The van der Waals surface area contributed by atoms with E-state index in [4.69, 9.17) is 31.7 Å². The summed E-state index contributed by atoms with van der Waals surface area (Å²) in [6.07, 6.45) is -10.4. The van der Waals surface area contributed by atoms with Crippen LogP contribution in [0.1, 0.15) is 30.7 Å². The van der Waals surface area contributed by atoms with Gasteiger partial charge in [0.05, 0.1) is 18.3 Å². The molecule has 0 radical (unpaired) electrons. The Morgan fingerprint density at radius 2 is 1.67 bits per heavy atom. The molecule has 160 valence electrons. The summed E-state index contributed by atoms with van der Waals surface area (Å²) in [4.78, 5) is 24.2. The molecule has 3 rings (SSSR count). The molecule has 0 amide bonds. The minimum absolute atomic E-state index is 0.552. The summed E-state index contributed by atoms with van der Waals surface area (Å²) in [5.41, 5.74) is -0.552. The molecule has 1 aliphatic heterocycles. The maximum absolute atomic E-state index is 12.9. The van der Waals surface area contributed by atoms with Crippen LogP contribution in [0.25, 0.3) is 0 Å². The van der Waals surface area contributed by atoms with Crippen LogP contribution in [-0.2, 0) is 19.1 Å². The van der Waals surface area contributed by atoms with Crippen molar-refractivity contribution in [3.8, 4) is 11.5 Å². The summed E-state index contributed by atoms with van der Waals surface area (Å²) >= 11 is 0. The minimum atomic E-state index is -2.09. The van der Waals surface area contributed by atoms with Gasteiger partial charge in [-0.3, -0.25) is 4.79 Å². The zero-order chi connectivity index (χ0) is 29.7. The summed E-state index contributed by atoms with van der Waals surface area (Å²) in [7, 11) is 0. The number of carbonyl (C=O) groups is 2. The highest BCUT2D eigenvalue weighted by atomic mass is 16.7. The predicted octanol–water partition coefficient (Wildman–Crippen LogP) is 1.02. The Kier molecular flexibility index (Phi) is 3.89. The first-order valence-corrected chi connectivity index (χ1v) is 8.50. The third kappa shape index (κ3) is 4.77. The van der Waals surface area contributed by atoms with Crippen molar-refractivity contribution in [3.05, 3.63) is 59.9 Å². The first-order valence-electron chi connectivity index (χ1n) is 13.0. The van der Waals surface area contributed by atoms with E-state index in [1.807, 2.05) is 0 Å². The lowest BCUT2D eigenvalue weighted by Crippen LogP contribution is -2.60. The zero-order valence-corrected chi connectivity index (χ0v) is 15.3. The lowest BCUT2D eigenvalue weighted by Gasteiger charge is -2.38. The number of carboxylic acid groups (broad SMARTS) is 1. The first kappa shape index (κ1) is 12.7. The molecule has 4 N–H and O–H groups in total. The van der Waals surface area contributed by atoms with Crippen molar-refractivity contribution in [1.29, 1.82) is 0 Å². The van der Waals surface area contributed by atoms with Gasteiger partial charge in [-0.05, 0) is 36.7 Å². The second kappa shape index (κ2) is 9.23. The molecule has 1 aliphatic rings. The number of rotatable bonds is 6. The SMILES string of the molecule is [2H]c1c([2H])c([2H])c(Oc2c([2H])c([2H])c([2H])c(C(C)C(=O)O[C@@H]3O[C@H](C(=O)O)[C@@H](O)[C@H](O)[C@H]3O)c2[2H])c([2H])c1[2H]. The fraction of sp³-hybridized carbons (Fsp3) is 0.333. The summed E-state index contributed by atoms with van der Waals surface area (Å²) in [5, 5.41) is 38.9. The van der Waals surface area contributed by atoms with Crippen molar-refractivity contribution >= 4 is 11.9 Å². The number of carboxylic acids is 1. The van der Waals surface area contributed by atoms with Crippen LogP contribution in [0.2, 0.25) is 0 Å². The lowest BCUT2D eigenvalue weighted by atomic mass is 9.98. The molecule has 1 fully saturated rings. The van der Waals surface area contributed by atoms with Gasteiger partial charge in [-0.1, -0.05) is 30.2 Å². The smallest absolute Gasteiger partial charge is 0.335 e. The quantitative estimate of drug-likeness (QED) is 0.497. The van der Waals surface area contributed by atoms with Gasteiger partial charge >= 0.3 is 11.9 Å². The second-order valence-corrected chi connectivity index (χ2v) is 6.19. The molecule has 0 spiro atoms. The minimum Gasteiger partial charge on any atom is -0.479 e. The number of aliphatic carboxylic acids is 1. The van der Waals surface area contributed by atoms with Gasteiger partial charge in [-0.15, -0.1) is 0 Å². The van der Waals surface area contributed by atoms with E-state index >= 15 is 0 Å². The molecule has 9 heteroatoms. The van der Waals surface area contributed by atoms with E-state index in [2.05, 4.69) is 0 Å². The average molecular weight is 427 g/mol. The van der Waals surface area contributed by atoms with Gasteiger partial charge in [-0.25, -0.2) is 4.79 Å². The Morgan fingerprint density at radius 3 is 2.33 bits per heavy atom. The highest BCUT2D eigenvalue weighted by Crippen LogP contribution is 2.28. The highest BCUT2D eigenvalue weighted by molar-refractivity contribution is 5.78. The Bertz CT molecular complexity index is 1310. The number of aliphatic hydroxyl groups excluding tert-OH is 3. The van der Waals surface area contributed by atoms with E-state index < -0.39 is 120 Å². The molecule has 1 saturated heterocycles. The molecular formula is C21H22O9. The van der Waals surface area contributed by atoms with Crippen molar-refractivity contribution in [3.63, 3.8) is 0 Å². The molecule has 2 aromatic rings. The molecule has 0 saturated carbocycles. The molecule has 30 heavy (non-hydrogen) atoms. The third-order valence-electron chi connectivity index (χ3n) is 4.13. The third-order valence-corrected chi connectivity index (χ3v) is 4.13. The second-order valence-electron chi connectivity index (χ2n) is 6.19. The summed E-state index contributed by atoms with van der Waals surface area (Å²) in [6.45, 7) is 1.10. The zero-order valence-electron chi connectivity index (χ0n) is 24.3. The van der Waals surface area contributed by atoms with Gasteiger partial charge < -0.3 is 34.6 Å². The molecular weight excluding hydrogens is 396 g/mol. The monoisotopic (exact) mass is 427 g/mol.